The van der Waals surface area contributed by atoms with Crippen LogP contribution in [-0.4, -0.2) is 24.8 Å². The fourth-order valence-corrected chi connectivity index (χ4v) is 1.79. The predicted molar refractivity (Wildman–Crippen MR) is 38.0 cm³/mol. The lowest BCUT2D eigenvalue weighted by atomic mass is 9.90. The molecule has 0 bridgehead atoms. The molecular formula is C8H12O3. The number of ether oxygens (including phenoxy) is 2. The topological polar surface area (TPSA) is 35.5 Å². The molecule has 0 aromatic rings. The SMILES string of the molecule is CC1COCC12CCC(=O)O2. The lowest BCUT2D eigenvalue weighted by Crippen LogP contribution is -2.35. The average molecular weight is 156 g/mol. The minimum atomic E-state index is -0.253. The summed E-state index contributed by atoms with van der Waals surface area (Å²) in [7, 11) is 0. The van der Waals surface area contributed by atoms with Crippen LogP contribution < -0.4 is 0 Å². The molecule has 0 aromatic heterocycles. The van der Waals surface area contributed by atoms with Crippen LogP contribution in [0.2, 0.25) is 0 Å². The Kier molecular flexibility index (Phi) is 1.42. The molecule has 62 valence electrons. The first-order chi connectivity index (χ1) is 5.23. The second-order valence-electron chi connectivity index (χ2n) is 3.46. The predicted octanol–water partition coefficient (Wildman–Crippen LogP) is 0.728. The molecule has 0 aliphatic carbocycles. The number of rotatable bonds is 0. The van der Waals surface area contributed by atoms with Crippen LogP contribution in [0, 0.1) is 5.92 Å². The molecule has 0 N–H and O–H groups in total. The lowest BCUT2D eigenvalue weighted by Gasteiger charge is -2.24. The Morgan fingerprint density at radius 3 is 2.91 bits per heavy atom. The highest BCUT2D eigenvalue weighted by molar-refractivity contribution is 5.72. The largest absolute Gasteiger partial charge is 0.456 e. The normalized spacial score (nSPS) is 43.4. The zero-order valence-corrected chi connectivity index (χ0v) is 6.63. The summed E-state index contributed by atoms with van der Waals surface area (Å²) in [5.74, 6) is 0.302. The van der Waals surface area contributed by atoms with E-state index in [4.69, 9.17) is 9.47 Å². The summed E-state index contributed by atoms with van der Waals surface area (Å²) in [5.41, 5.74) is -0.253. The van der Waals surface area contributed by atoms with Gasteiger partial charge in [0.05, 0.1) is 13.2 Å². The Labute approximate surface area is 65.7 Å². The van der Waals surface area contributed by atoms with Crippen LogP contribution in [0.1, 0.15) is 19.8 Å². The molecule has 11 heavy (non-hydrogen) atoms. The van der Waals surface area contributed by atoms with Gasteiger partial charge in [0.25, 0.3) is 0 Å². The first-order valence-electron chi connectivity index (χ1n) is 4.02. The fraction of sp³-hybridized carbons (Fsp3) is 0.875. The van der Waals surface area contributed by atoms with E-state index in [0.29, 0.717) is 18.9 Å². The molecule has 0 radical (unpaired) electrons. The molecule has 0 amide bonds. The number of esters is 1. The summed E-state index contributed by atoms with van der Waals surface area (Å²) in [6, 6.07) is 0. The van der Waals surface area contributed by atoms with Crippen LogP contribution >= 0.6 is 0 Å². The smallest absolute Gasteiger partial charge is 0.306 e. The van der Waals surface area contributed by atoms with E-state index >= 15 is 0 Å². The van der Waals surface area contributed by atoms with Crippen LogP contribution in [0.15, 0.2) is 0 Å². The van der Waals surface area contributed by atoms with Gasteiger partial charge in [-0.15, -0.1) is 0 Å². The van der Waals surface area contributed by atoms with Gasteiger partial charge in [-0.1, -0.05) is 6.92 Å². The standard InChI is InChI=1S/C8H12O3/c1-6-4-10-5-8(6)3-2-7(9)11-8/h6H,2-5H2,1H3. The van der Waals surface area contributed by atoms with Gasteiger partial charge in [-0.25, -0.2) is 0 Å². The van der Waals surface area contributed by atoms with Crippen molar-refractivity contribution in [3.05, 3.63) is 0 Å². The summed E-state index contributed by atoms with van der Waals surface area (Å²) < 4.78 is 10.5. The Hall–Kier alpha value is -0.570. The highest BCUT2D eigenvalue weighted by atomic mass is 16.6. The maximum atomic E-state index is 10.9. The molecule has 1 spiro atoms. The Bertz CT molecular complexity index is 190. The summed E-state index contributed by atoms with van der Waals surface area (Å²) >= 11 is 0. The molecule has 2 saturated heterocycles. The van der Waals surface area contributed by atoms with Crippen LogP contribution in [0.5, 0.6) is 0 Å². The van der Waals surface area contributed by atoms with Crippen molar-refractivity contribution in [2.24, 2.45) is 5.92 Å². The van der Waals surface area contributed by atoms with Gasteiger partial charge in [0, 0.05) is 18.8 Å². The third-order valence-corrected chi connectivity index (χ3v) is 2.68. The van der Waals surface area contributed by atoms with Crippen molar-refractivity contribution in [2.45, 2.75) is 25.4 Å². The van der Waals surface area contributed by atoms with Gasteiger partial charge in [-0.05, 0) is 0 Å². The number of hydrogen-bond acceptors (Lipinski definition) is 3. The fourth-order valence-electron chi connectivity index (χ4n) is 1.79. The van der Waals surface area contributed by atoms with E-state index in [-0.39, 0.29) is 11.6 Å². The second-order valence-corrected chi connectivity index (χ2v) is 3.46. The zero-order chi connectivity index (χ0) is 7.90. The van der Waals surface area contributed by atoms with E-state index < -0.39 is 0 Å². The van der Waals surface area contributed by atoms with E-state index in [1.807, 2.05) is 0 Å². The van der Waals surface area contributed by atoms with Gasteiger partial charge in [0.15, 0.2) is 0 Å². The summed E-state index contributed by atoms with van der Waals surface area (Å²) in [6.45, 7) is 3.40. The van der Waals surface area contributed by atoms with Gasteiger partial charge < -0.3 is 9.47 Å². The molecular weight excluding hydrogens is 144 g/mol. The van der Waals surface area contributed by atoms with Gasteiger partial charge >= 0.3 is 5.97 Å². The quantitative estimate of drug-likeness (QED) is 0.485. The van der Waals surface area contributed by atoms with Crippen LogP contribution in [0.4, 0.5) is 0 Å². The highest BCUT2D eigenvalue weighted by Gasteiger charge is 2.48. The molecule has 2 atom stereocenters. The maximum absolute atomic E-state index is 10.9. The third kappa shape index (κ3) is 0.948. The molecule has 2 unspecified atom stereocenters. The van der Waals surface area contributed by atoms with Gasteiger partial charge in [0.2, 0.25) is 0 Å². The minimum absolute atomic E-state index is 0.0673. The zero-order valence-electron chi connectivity index (χ0n) is 6.63. The van der Waals surface area contributed by atoms with Crippen molar-refractivity contribution in [3.8, 4) is 0 Å². The Morgan fingerprint density at radius 1 is 1.64 bits per heavy atom. The lowest BCUT2D eigenvalue weighted by molar-refractivity contribution is -0.150. The summed E-state index contributed by atoms with van der Waals surface area (Å²) in [6.07, 6.45) is 1.40. The minimum Gasteiger partial charge on any atom is -0.456 e. The monoisotopic (exact) mass is 156 g/mol. The first kappa shape index (κ1) is 7.10. The van der Waals surface area contributed by atoms with E-state index in [1.54, 1.807) is 0 Å². The maximum Gasteiger partial charge on any atom is 0.306 e. The van der Waals surface area contributed by atoms with Crippen LogP contribution in [0.25, 0.3) is 0 Å². The van der Waals surface area contributed by atoms with Crippen LogP contribution in [-0.2, 0) is 14.3 Å². The van der Waals surface area contributed by atoms with Crippen molar-refractivity contribution in [2.75, 3.05) is 13.2 Å². The van der Waals surface area contributed by atoms with Crippen molar-refractivity contribution in [1.29, 1.82) is 0 Å². The second kappa shape index (κ2) is 2.21. The average Bonchev–Trinajstić information content (AvgIpc) is 2.46. The van der Waals surface area contributed by atoms with Crippen molar-refractivity contribution in [1.82, 2.24) is 0 Å². The number of hydrogen-bond donors (Lipinski definition) is 0. The van der Waals surface area contributed by atoms with Gasteiger partial charge in [-0.3, -0.25) is 4.79 Å². The van der Waals surface area contributed by atoms with E-state index in [9.17, 15) is 4.79 Å². The molecule has 0 saturated carbocycles. The molecule has 3 nitrogen and oxygen atoms in total. The number of carbonyl (C=O) groups is 1. The summed E-state index contributed by atoms with van der Waals surface area (Å²) in [4.78, 5) is 10.9. The molecule has 3 heteroatoms. The molecule has 2 rings (SSSR count). The third-order valence-electron chi connectivity index (χ3n) is 2.68. The highest BCUT2D eigenvalue weighted by Crippen LogP contribution is 2.38. The Morgan fingerprint density at radius 2 is 2.45 bits per heavy atom. The van der Waals surface area contributed by atoms with E-state index in [1.165, 1.54) is 0 Å². The van der Waals surface area contributed by atoms with Crippen molar-refractivity contribution >= 4 is 5.97 Å². The Balaban J connectivity index is 2.16. The molecule has 2 aliphatic heterocycles. The first-order valence-corrected chi connectivity index (χ1v) is 4.02. The van der Waals surface area contributed by atoms with Gasteiger partial charge in [-0.2, -0.15) is 0 Å². The van der Waals surface area contributed by atoms with Crippen molar-refractivity contribution in [3.63, 3.8) is 0 Å². The van der Waals surface area contributed by atoms with E-state index in [0.717, 1.165) is 13.0 Å². The van der Waals surface area contributed by atoms with Gasteiger partial charge in [0.1, 0.15) is 5.60 Å². The molecule has 0 aromatic carbocycles. The van der Waals surface area contributed by atoms with Crippen LogP contribution in [0.3, 0.4) is 0 Å². The summed E-state index contributed by atoms with van der Waals surface area (Å²) in [5, 5.41) is 0. The van der Waals surface area contributed by atoms with Crippen molar-refractivity contribution < 1.29 is 14.3 Å². The molecule has 2 fully saturated rings. The number of carbonyl (C=O) groups excluding carboxylic acids is 1. The van der Waals surface area contributed by atoms with E-state index in [2.05, 4.69) is 6.92 Å². The molecule has 2 heterocycles. The molecule has 2 aliphatic rings.